The summed E-state index contributed by atoms with van der Waals surface area (Å²) in [5, 5.41) is 0.931. The van der Waals surface area contributed by atoms with Crippen molar-refractivity contribution >= 4 is 28.5 Å². The van der Waals surface area contributed by atoms with Gasteiger partial charge >= 0.3 is 0 Å². The molecule has 1 fully saturated rings. The molecule has 0 aliphatic carbocycles. The average molecular weight is 132 g/mol. The fourth-order valence-electron chi connectivity index (χ4n) is 0.643. The van der Waals surface area contributed by atoms with Crippen molar-refractivity contribution in [2.75, 3.05) is 11.5 Å². The Balaban J connectivity index is 2.14. The lowest BCUT2D eigenvalue weighted by molar-refractivity contribution is 1.47. The summed E-state index contributed by atoms with van der Waals surface area (Å²) in [6.07, 6.45) is 1.34. The fourth-order valence-corrected chi connectivity index (χ4v) is 3.37. The molecular formula is C4H9BS2. The third kappa shape index (κ3) is 1.61. The van der Waals surface area contributed by atoms with E-state index in [2.05, 4.69) is 30.1 Å². The number of hydrogen-bond acceptors (Lipinski definition) is 2. The van der Waals surface area contributed by atoms with Crippen LogP contribution in [0.25, 0.3) is 0 Å². The zero-order chi connectivity index (χ0) is 5.11. The summed E-state index contributed by atoms with van der Waals surface area (Å²) >= 11 is 4.21. The first-order valence-electron chi connectivity index (χ1n) is 2.66. The lowest BCUT2D eigenvalue weighted by Crippen LogP contribution is -1.91. The van der Waals surface area contributed by atoms with Crippen molar-refractivity contribution in [2.45, 2.75) is 13.2 Å². The van der Waals surface area contributed by atoms with Crippen molar-refractivity contribution < 1.29 is 0 Å². The second kappa shape index (κ2) is 2.93. The van der Waals surface area contributed by atoms with E-state index in [1.165, 1.54) is 17.8 Å². The van der Waals surface area contributed by atoms with Crippen LogP contribution in [0.3, 0.4) is 0 Å². The zero-order valence-electron chi connectivity index (χ0n) is 4.52. The minimum Gasteiger partial charge on any atom is -0.194 e. The molecule has 0 unspecified atom stereocenters. The van der Waals surface area contributed by atoms with Gasteiger partial charge in [0.25, 0.3) is 5.27 Å². The lowest BCUT2D eigenvalue weighted by Gasteiger charge is -1.92. The summed E-state index contributed by atoms with van der Waals surface area (Å²) in [6.45, 7) is 2.26. The Bertz CT molecular complexity index is 51.7. The van der Waals surface area contributed by atoms with Gasteiger partial charge in [0.2, 0.25) is 0 Å². The number of rotatable bonds is 1. The number of hydrogen-bond donors (Lipinski definition) is 0. The normalized spacial score (nSPS) is 21.0. The van der Waals surface area contributed by atoms with Gasteiger partial charge in [-0.05, 0) is 11.5 Å². The predicted octanol–water partition coefficient (Wildman–Crippen LogP) is 1.97. The van der Waals surface area contributed by atoms with Gasteiger partial charge in [-0.3, -0.25) is 0 Å². The summed E-state index contributed by atoms with van der Waals surface area (Å²) in [7, 11) is 0. The van der Waals surface area contributed by atoms with E-state index in [9.17, 15) is 0 Å². The molecule has 0 aromatic carbocycles. The van der Waals surface area contributed by atoms with E-state index >= 15 is 0 Å². The van der Waals surface area contributed by atoms with Crippen LogP contribution in [0.5, 0.6) is 0 Å². The molecule has 0 bridgehead atoms. The van der Waals surface area contributed by atoms with E-state index in [1.54, 1.807) is 0 Å². The molecule has 7 heavy (non-hydrogen) atoms. The van der Waals surface area contributed by atoms with Crippen LogP contribution in [0.4, 0.5) is 0 Å². The molecule has 1 heterocycles. The molecule has 0 aromatic rings. The predicted molar refractivity (Wildman–Crippen MR) is 41.2 cm³/mol. The quantitative estimate of drug-likeness (QED) is 0.500. The Morgan fingerprint density at radius 1 is 1.43 bits per heavy atom. The van der Waals surface area contributed by atoms with Crippen molar-refractivity contribution in [3.05, 3.63) is 0 Å². The average Bonchev–Trinajstić information content (AvgIpc) is 2.14. The zero-order valence-corrected chi connectivity index (χ0v) is 6.15. The van der Waals surface area contributed by atoms with Crippen molar-refractivity contribution in [2.24, 2.45) is 0 Å². The van der Waals surface area contributed by atoms with Crippen LogP contribution in [0.15, 0.2) is 0 Å². The minimum atomic E-state index is 0.931. The molecule has 1 aliphatic rings. The van der Waals surface area contributed by atoms with E-state index in [4.69, 9.17) is 0 Å². The molecule has 0 aromatic heterocycles. The first-order chi connectivity index (χ1) is 3.43. The highest BCUT2D eigenvalue weighted by molar-refractivity contribution is 8.56. The molecule has 40 valence electrons. The maximum Gasteiger partial charge on any atom is 0.273 e. The molecule has 0 atom stereocenters. The fraction of sp³-hybridized carbons (Fsp3) is 1.00. The summed E-state index contributed by atoms with van der Waals surface area (Å²) in [5.41, 5.74) is 0. The van der Waals surface area contributed by atoms with E-state index in [1.807, 2.05) is 0 Å². The Morgan fingerprint density at radius 2 is 2.00 bits per heavy atom. The van der Waals surface area contributed by atoms with E-state index < -0.39 is 0 Å². The second-order valence-corrected chi connectivity index (χ2v) is 4.50. The molecule has 0 nitrogen and oxygen atoms in total. The Morgan fingerprint density at radius 3 is 2.29 bits per heavy atom. The topological polar surface area (TPSA) is 0 Å². The van der Waals surface area contributed by atoms with Gasteiger partial charge in [0.05, 0.1) is 0 Å². The third-order valence-electron chi connectivity index (χ3n) is 1.02. The molecule has 1 rings (SSSR count). The van der Waals surface area contributed by atoms with Crippen LogP contribution < -0.4 is 0 Å². The standard InChI is InChI=1S/C4H9BS2/c1-2-5-6-3-4-7-5/h2-4H2,1H3. The first-order valence-corrected chi connectivity index (χ1v) is 4.76. The lowest BCUT2D eigenvalue weighted by atomic mass is 10.0. The van der Waals surface area contributed by atoms with Crippen molar-refractivity contribution in [1.29, 1.82) is 0 Å². The van der Waals surface area contributed by atoms with Gasteiger partial charge in [0.15, 0.2) is 0 Å². The van der Waals surface area contributed by atoms with Crippen LogP contribution in [-0.2, 0) is 0 Å². The van der Waals surface area contributed by atoms with Gasteiger partial charge in [-0.1, -0.05) is 13.2 Å². The van der Waals surface area contributed by atoms with E-state index in [0.29, 0.717) is 0 Å². The highest BCUT2D eigenvalue weighted by atomic mass is 32.2. The van der Waals surface area contributed by atoms with Crippen LogP contribution in [-0.4, -0.2) is 16.8 Å². The van der Waals surface area contributed by atoms with Gasteiger partial charge in [0.1, 0.15) is 0 Å². The van der Waals surface area contributed by atoms with Crippen LogP contribution >= 0.6 is 23.2 Å². The largest absolute Gasteiger partial charge is 0.273 e. The van der Waals surface area contributed by atoms with Crippen LogP contribution in [0.1, 0.15) is 6.92 Å². The Hall–Kier alpha value is 0.765. The molecule has 1 aliphatic heterocycles. The monoisotopic (exact) mass is 132 g/mol. The molecule has 0 N–H and O–H groups in total. The first kappa shape index (κ1) is 5.89. The van der Waals surface area contributed by atoms with Gasteiger partial charge < -0.3 is 0 Å². The van der Waals surface area contributed by atoms with Gasteiger partial charge in [-0.2, -0.15) is 23.2 Å². The molecule has 0 spiro atoms. The molecular weight excluding hydrogens is 123 g/mol. The molecule has 0 amide bonds. The van der Waals surface area contributed by atoms with Crippen molar-refractivity contribution in [3.8, 4) is 0 Å². The second-order valence-electron chi connectivity index (χ2n) is 1.58. The van der Waals surface area contributed by atoms with Crippen molar-refractivity contribution in [1.82, 2.24) is 0 Å². The van der Waals surface area contributed by atoms with Gasteiger partial charge in [-0.15, -0.1) is 0 Å². The smallest absolute Gasteiger partial charge is 0.194 e. The molecule has 3 heteroatoms. The van der Waals surface area contributed by atoms with Crippen molar-refractivity contribution in [3.63, 3.8) is 0 Å². The Kier molecular flexibility index (Phi) is 2.46. The van der Waals surface area contributed by atoms with E-state index in [-0.39, 0.29) is 0 Å². The highest BCUT2D eigenvalue weighted by Gasteiger charge is 2.17. The maximum atomic E-state index is 2.26. The summed E-state index contributed by atoms with van der Waals surface area (Å²) < 4.78 is 0. The van der Waals surface area contributed by atoms with Crippen LogP contribution in [0.2, 0.25) is 6.32 Å². The Labute approximate surface area is 53.7 Å². The maximum absolute atomic E-state index is 2.26. The highest BCUT2D eigenvalue weighted by Crippen LogP contribution is 2.29. The van der Waals surface area contributed by atoms with Crippen LogP contribution in [0, 0.1) is 0 Å². The summed E-state index contributed by atoms with van der Waals surface area (Å²) in [6, 6.07) is 0. The molecule has 0 saturated carbocycles. The minimum absolute atomic E-state index is 0.931. The summed E-state index contributed by atoms with van der Waals surface area (Å²) in [5.74, 6) is 2.76. The third-order valence-corrected chi connectivity index (χ3v) is 4.39. The van der Waals surface area contributed by atoms with Gasteiger partial charge in [0, 0.05) is 0 Å². The molecule has 0 radical (unpaired) electrons. The SMILES string of the molecule is CCB1SCCS1. The van der Waals surface area contributed by atoms with E-state index in [0.717, 1.165) is 5.27 Å². The van der Waals surface area contributed by atoms with Gasteiger partial charge in [-0.25, -0.2) is 0 Å². The summed E-state index contributed by atoms with van der Waals surface area (Å²) in [4.78, 5) is 0. The molecule has 1 saturated heterocycles.